The third-order valence-electron chi connectivity index (χ3n) is 3.00. The molecule has 2 atom stereocenters. The number of thioether (sulfide) groups is 1. The van der Waals surface area contributed by atoms with Crippen molar-refractivity contribution in [2.24, 2.45) is 0 Å². The summed E-state index contributed by atoms with van der Waals surface area (Å²) in [4.78, 5) is 21.6. The van der Waals surface area contributed by atoms with Crippen LogP contribution in [0.4, 0.5) is 0 Å². The highest BCUT2D eigenvalue weighted by Crippen LogP contribution is 2.37. The van der Waals surface area contributed by atoms with E-state index in [0.29, 0.717) is 23.9 Å². The van der Waals surface area contributed by atoms with Crippen LogP contribution < -0.4 is 14.8 Å². The fourth-order valence-electron chi connectivity index (χ4n) is 2.02. The summed E-state index contributed by atoms with van der Waals surface area (Å²) in [6, 6.07) is 4.58. The van der Waals surface area contributed by atoms with Gasteiger partial charge in [-0.25, -0.2) is 4.79 Å². The van der Waals surface area contributed by atoms with Crippen LogP contribution in [0.2, 0.25) is 0 Å². The second-order valence-electron chi connectivity index (χ2n) is 4.59. The summed E-state index contributed by atoms with van der Waals surface area (Å²) in [7, 11) is 0. The Morgan fingerprint density at radius 2 is 2.09 bits per heavy atom. The lowest BCUT2D eigenvalue weighted by molar-refractivity contribution is -0.140. The van der Waals surface area contributed by atoms with Crippen LogP contribution >= 0.6 is 11.8 Å². The average Bonchev–Trinajstić information content (AvgIpc) is 2.96. The van der Waals surface area contributed by atoms with Gasteiger partial charge in [-0.3, -0.25) is 10.1 Å². The number of aliphatic carboxylic acids is 2. The Kier molecular flexibility index (Phi) is 5.51. The topological polar surface area (TPSA) is 105 Å². The van der Waals surface area contributed by atoms with E-state index >= 15 is 0 Å². The normalized spacial score (nSPS) is 20.6. The smallest absolute Gasteiger partial charge is 0.341 e. The van der Waals surface area contributed by atoms with Gasteiger partial charge in [-0.05, 0) is 24.6 Å². The van der Waals surface area contributed by atoms with Crippen molar-refractivity contribution in [1.82, 2.24) is 5.32 Å². The highest BCUT2D eigenvalue weighted by atomic mass is 32.2. The molecule has 1 aromatic rings. The SMILES string of the molecule is CCOc1cc(C2NC(C(=O)O)CS2)ccc1OCC(=O)O. The minimum Gasteiger partial charge on any atom is -0.490 e. The predicted octanol–water partition coefficient (Wildman–Crippen LogP) is 1.34. The second kappa shape index (κ2) is 7.37. The Balaban J connectivity index is 2.14. The molecule has 0 aromatic heterocycles. The predicted molar refractivity (Wildman–Crippen MR) is 80.5 cm³/mol. The van der Waals surface area contributed by atoms with Gasteiger partial charge in [-0.2, -0.15) is 0 Å². The monoisotopic (exact) mass is 327 g/mol. The van der Waals surface area contributed by atoms with Gasteiger partial charge in [0, 0.05) is 5.75 Å². The molecule has 2 rings (SSSR count). The lowest BCUT2D eigenvalue weighted by Gasteiger charge is -2.16. The lowest BCUT2D eigenvalue weighted by Crippen LogP contribution is -2.33. The molecular weight excluding hydrogens is 310 g/mol. The van der Waals surface area contributed by atoms with Crippen molar-refractivity contribution in [3.8, 4) is 11.5 Å². The number of carbonyl (C=O) groups is 2. The highest BCUT2D eigenvalue weighted by Gasteiger charge is 2.30. The standard InChI is InChI=1S/C14H17NO6S/c1-2-20-11-5-8(3-4-10(11)21-6-12(16)17)13-15-9(7-22-13)14(18)19/h3-5,9,13,15H,2,6-7H2,1H3,(H,16,17)(H,18,19). The van der Waals surface area contributed by atoms with Crippen molar-refractivity contribution in [1.29, 1.82) is 0 Å². The molecule has 1 saturated heterocycles. The molecule has 1 fully saturated rings. The van der Waals surface area contributed by atoms with Crippen molar-refractivity contribution < 1.29 is 29.3 Å². The van der Waals surface area contributed by atoms with Crippen LogP contribution in [0, 0.1) is 0 Å². The first-order valence-corrected chi connectivity index (χ1v) is 7.78. The molecule has 7 nitrogen and oxygen atoms in total. The van der Waals surface area contributed by atoms with Gasteiger partial charge >= 0.3 is 11.9 Å². The molecule has 0 radical (unpaired) electrons. The number of benzene rings is 1. The number of nitrogens with one attached hydrogen (secondary N) is 1. The maximum atomic E-state index is 11.0. The Hall–Kier alpha value is -1.93. The lowest BCUT2D eigenvalue weighted by atomic mass is 10.2. The highest BCUT2D eigenvalue weighted by molar-refractivity contribution is 7.99. The number of hydrogen-bond acceptors (Lipinski definition) is 6. The first kappa shape index (κ1) is 16.4. The molecule has 22 heavy (non-hydrogen) atoms. The molecule has 2 unspecified atom stereocenters. The van der Waals surface area contributed by atoms with Crippen LogP contribution in [-0.2, 0) is 9.59 Å². The number of rotatable bonds is 7. The van der Waals surface area contributed by atoms with Crippen molar-refractivity contribution in [3.05, 3.63) is 23.8 Å². The molecule has 0 bridgehead atoms. The summed E-state index contributed by atoms with van der Waals surface area (Å²) in [6.45, 7) is 1.78. The summed E-state index contributed by atoms with van der Waals surface area (Å²) in [5.41, 5.74) is 0.861. The minimum absolute atomic E-state index is 0.145. The van der Waals surface area contributed by atoms with Gasteiger partial charge in [-0.15, -0.1) is 11.8 Å². The van der Waals surface area contributed by atoms with E-state index in [9.17, 15) is 9.59 Å². The Labute approximate surface area is 131 Å². The number of hydrogen-bond donors (Lipinski definition) is 3. The zero-order chi connectivity index (χ0) is 16.1. The molecule has 0 saturated carbocycles. The van der Waals surface area contributed by atoms with Gasteiger partial charge in [0.25, 0.3) is 0 Å². The average molecular weight is 327 g/mol. The molecule has 0 aliphatic carbocycles. The Morgan fingerprint density at radius 3 is 2.68 bits per heavy atom. The molecule has 3 N–H and O–H groups in total. The van der Waals surface area contributed by atoms with E-state index in [1.165, 1.54) is 11.8 Å². The van der Waals surface area contributed by atoms with E-state index in [4.69, 9.17) is 19.7 Å². The second-order valence-corrected chi connectivity index (χ2v) is 5.73. The fourth-order valence-corrected chi connectivity index (χ4v) is 3.24. The van der Waals surface area contributed by atoms with E-state index < -0.39 is 24.6 Å². The first-order valence-electron chi connectivity index (χ1n) is 6.73. The third-order valence-corrected chi connectivity index (χ3v) is 4.27. The quantitative estimate of drug-likeness (QED) is 0.689. The van der Waals surface area contributed by atoms with E-state index in [1.807, 2.05) is 6.92 Å². The summed E-state index contributed by atoms with van der Waals surface area (Å²) in [5, 5.41) is 20.5. The zero-order valence-corrected chi connectivity index (χ0v) is 12.8. The van der Waals surface area contributed by atoms with Crippen LogP contribution in [0.15, 0.2) is 18.2 Å². The van der Waals surface area contributed by atoms with Crippen LogP contribution in [0.1, 0.15) is 17.9 Å². The first-order chi connectivity index (χ1) is 10.5. The van der Waals surface area contributed by atoms with Crippen LogP contribution in [0.3, 0.4) is 0 Å². The molecule has 1 aromatic carbocycles. The summed E-state index contributed by atoms with van der Waals surface area (Å²) in [5.74, 6) is -0.653. The van der Waals surface area contributed by atoms with E-state index in [1.54, 1.807) is 18.2 Å². The molecule has 1 aliphatic rings. The van der Waals surface area contributed by atoms with Gasteiger partial charge in [0.1, 0.15) is 6.04 Å². The minimum atomic E-state index is -1.07. The molecule has 0 spiro atoms. The Morgan fingerprint density at radius 1 is 1.32 bits per heavy atom. The summed E-state index contributed by atoms with van der Waals surface area (Å²) >= 11 is 1.50. The Bertz CT molecular complexity index is 564. The molecule has 1 heterocycles. The van der Waals surface area contributed by atoms with Gasteiger partial charge < -0.3 is 19.7 Å². The van der Waals surface area contributed by atoms with Gasteiger partial charge in [-0.1, -0.05) is 6.07 Å². The maximum absolute atomic E-state index is 11.0. The van der Waals surface area contributed by atoms with Crippen LogP contribution in [0.25, 0.3) is 0 Å². The molecule has 0 amide bonds. The maximum Gasteiger partial charge on any atom is 0.341 e. The molecule has 8 heteroatoms. The molecular formula is C14H17NO6S. The van der Waals surface area contributed by atoms with Gasteiger partial charge in [0.15, 0.2) is 18.1 Å². The molecule has 120 valence electrons. The molecule has 1 aliphatic heterocycles. The van der Waals surface area contributed by atoms with Crippen molar-refractivity contribution in [2.45, 2.75) is 18.3 Å². The van der Waals surface area contributed by atoms with Crippen LogP contribution in [0.5, 0.6) is 11.5 Å². The summed E-state index contributed by atoms with van der Waals surface area (Å²) in [6.07, 6.45) is 0. The third kappa shape index (κ3) is 4.05. The van der Waals surface area contributed by atoms with Crippen molar-refractivity contribution in [3.63, 3.8) is 0 Å². The van der Waals surface area contributed by atoms with E-state index in [-0.39, 0.29) is 5.37 Å². The number of carboxylic acids is 2. The summed E-state index contributed by atoms with van der Waals surface area (Å²) < 4.78 is 10.7. The van der Waals surface area contributed by atoms with Crippen molar-refractivity contribution in [2.75, 3.05) is 19.0 Å². The van der Waals surface area contributed by atoms with Crippen molar-refractivity contribution >= 4 is 23.7 Å². The van der Waals surface area contributed by atoms with Gasteiger partial charge in [0.2, 0.25) is 0 Å². The fraction of sp³-hybridized carbons (Fsp3) is 0.429. The largest absolute Gasteiger partial charge is 0.490 e. The van der Waals surface area contributed by atoms with E-state index in [0.717, 1.165) is 5.56 Å². The van der Waals surface area contributed by atoms with E-state index in [2.05, 4.69) is 5.32 Å². The number of ether oxygens (including phenoxy) is 2. The zero-order valence-electron chi connectivity index (χ0n) is 11.9. The van der Waals surface area contributed by atoms with Gasteiger partial charge in [0.05, 0.1) is 12.0 Å². The number of carboxylic acid groups (broad SMARTS) is 2. The van der Waals surface area contributed by atoms with Crippen LogP contribution in [-0.4, -0.2) is 47.2 Å².